The maximum Gasteiger partial charge on any atom is 0.347 e. The molecule has 2 aromatic rings. The normalized spacial score (nSPS) is 10.3. The molecule has 0 spiro atoms. The second-order valence-corrected chi connectivity index (χ2v) is 4.78. The fraction of sp³-hybridized carbons (Fsp3) is 0.0909. The Morgan fingerprint density at radius 2 is 2.31 bits per heavy atom. The van der Waals surface area contributed by atoms with Crippen molar-refractivity contribution < 1.29 is 9.90 Å². The predicted octanol–water partition coefficient (Wildman–Crippen LogP) is 3.09. The molecule has 0 aliphatic carbocycles. The van der Waals surface area contributed by atoms with E-state index in [1.807, 2.05) is 18.2 Å². The van der Waals surface area contributed by atoms with Crippen molar-refractivity contribution in [3.63, 3.8) is 0 Å². The molecule has 0 saturated carbocycles. The summed E-state index contributed by atoms with van der Waals surface area (Å²) in [6, 6.07) is 7.45. The summed E-state index contributed by atoms with van der Waals surface area (Å²) in [4.78, 5) is 15.0. The number of carboxylic acids is 1. The van der Waals surface area contributed by atoms with Crippen LogP contribution in [0, 0.1) is 0 Å². The Morgan fingerprint density at radius 3 is 2.94 bits per heavy atom. The minimum Gasteiger partial charge on any atom is -0.477 e. The number of rotatable bonds is 3. The lowest BCUT2D eigenvalue weighted by Crippen LogP contribution is -1.89. The van der Waals surface area contributed by atoms with Crippen molar-refractivity contribution in [3.05, 3.63) is 50.9 Å². The van der Waals surface area contributed by atoms with Gasteiger partial charge in [0, 0.05) is 11.4 Å². The van der Waals surface area contributed by atoms with E-state index in [9.17, 15) is 4.79 Å². The smallest absolute Gasteiger partial charge is 0.347 e. The van der Waals surface area contributed by atoms with Gasteiger partial charge in [0.15, 0.2) is 0 Å². The molecule has 0 amide bonds. The molecule has 5 heteroatoms. The number of thiazole rings is 1. The van der Waals surface area contributed by atoms with Gasteiger partial charge in [0.1, 0.15) is 4.88 Å². The van der Waals surface area contributed by atoms with Crippen LogP contribution in [0.2, 0.25) is 5.02 Å². The van der Waals surface area contributed by atoms with E-state index in [4.69, 9.17) is 16.7 Å². The monoisotopic (exact) mass is 253 g/mol. The maximum atomic E-state index is 10.7. The number of carbonyl (C=O) groups is 1. The highest BCUT2D eigenvalue weighted by Crippen LogP contribution is 2.18. The maximum absolute atomic E-state index is 10.7. The molecule has 1 aromatic heterocycles. The lowest BCUT2D eigenvalue weighted by Gasteiger charge is -1.97. The average Bonchev–Trinajstić information content (AvgIpc) is 2.66. The Bertz CT molecular complexity index is 524. The van der Waals surface area contributed by atoms with Gasteiger partial charge in [-0.15, -0.1) is 11.3 Å². The standard InChI is InChI=1S/C11H8ClNO2S/c12-8-3-1-2-7(4-8)5-10-13-6-9(16-10)11(14)15/h1-4,6H,5H2,(H,14,15). The lowest BCUT2D eigenvalue weighted by molar-refractivity contribution is 0.0702. The number of carboxylic acid groups (broad SMARTS) is 1. The number of hydrogen-bond acceptors (Lipinski definition) is 3. The summed E-state index contributed by atoms with van der Waals surface area (Å²) in [5.74, 6) is -0.935. The van der Waals surface area contributed by atoms with E-state index in [1.165, 1.54) is 17.5 Å². The second-order valence-electron chi connectivity index (χ2n) is 3.23. The number of aromatic nitrogens is 1. The SMILES string of the molecule is O=C(O)c1cnc(Cc2cccc(Cl)c2)s1. The number of nitrogens with zero attached hydrogens (tertiary/aromatic N) is 1. The van der Waals surface area contributed by atoms with E-state index in [-0.39, 0.29) is 4.88 Å². The molecule has 1 aromatic carbocycles. The van der Waals surface area contributed by atoms with E-state index in [0.29, 0.717) is 11.4 Å². The third-order valence-electron chi connectivity index (χ3n) is 2.01. The van der Waals surface area contributed by atoms with Gasteiger partial charge in [-0.05, 0) is 17.7 Å². The van der Waals surface area contributed by atoms with Gasteiger partial charge < -0.3 is 5.11 Å². The fourth-order valence-corrected chi connectivity index (χ4v) is 2.32. The van der Waals surface area contributed by atoms with Gasteiger partial charge >= 0.3 is 5.97 Å². The predicted molar refractivity (Wildman–Crippen MR) is 63.3 cm³/mol. The Morgan fingerprint density at radius 1 is 1.50 bits per heavy atom. The molecule has 0 fully saturated rings. The second kappa shape index (κ2) is 4.63. The quantitative estimate of drug-likeness (QED) is 0.915. The summed E-state index contributed by atoms with van der Waals surface area (Å²) in [6.45, 7) is 0. The topological polar surface area (TPSA) is 50.2 Å². The third kappa shape index (κ3) is 2.59. The molecule has 1 heterocycles. The number of benzene rings is 1. The van der Waals surface area contributed by atoms with Crippen LogP contribution in [-0.2, 0) is 6.42 Å². The third-order valence-corrected chi connectivity index (χ3v) is 3.23. The molecule has 0 atom stereocenters. The molecule has 0 aliphatic heterocycles. The van der Waals surface area contributed by atoms with Gasteiger partial charge in [0.2, 0.25) is 0 Å². The molecule has 0 saturated heterocycles. The molecule has 0 unspecified atom stereocenters. The molecule has 0 bridgehead atoms. The number of aromatic carboxylic acids is 1. The molecular formula is C11H8ClNO2S. The van der Waals surface area contributed by atoms with Gasteiger partial charge in [-0.1, -0.05) is 23.7 Å². The Balaban J connectivity index is 2.17. The largest absolute Gasteiger partial charge is 0.477 e. The van der Waals surface area contributed by atoms with E-state index < -0.39 is 5.97 Å². The van der Waals surface area contributed by atoms with Crippen LogP contribution in [-0.4, -0.2) is 16.1 Å². The molecule has 0 aliphatic rings. The highest BCUT2D eigenvalue weighted by molar-refractivity contribution is 7.13. The number of halogens is 1. The summed E-state index contributed by atoms with van der Waals surface area (Å²) in [5, 5.41) is 10.2. The summed E-state index contributed by atoms with van der Waals surface area (Å²) in [6.07, 6.45) is 1.99. The van der Waals surface area contributed by atoms with Crippen molar-refractivity contribution in [1.82, 2.24) is 4.98 Å². The van der Waals surface area contributed by atoms with Crippen molar-refractivity contribution in [1.29, 1.82) is 0 Å². The summed E-state index contributed by atoms with van der Waals surface area (Å²) in [7, 11) is 0. The minimum atomic E-state index is -0.935. The van der Waals surface area contributed by atoms with Crippen LogP contribution in [0.25, 0.3) is 0 Å². The first kappa shape index (κ1) is 11.1. The van der Waals surface area contributed by atoms with E-state index in [0.717, 1.165) is 10.6 Å². The van der Waals surface area contributed by atoms with Gasteiger partial charge in [-0.25, -0.2) is 9.78 Å². The lowest BCUT2D eigenvalue weighted by atomic mass is 10.2. The number of hydrogen-bond donors (Lipinski definition) is 1. The highest BCUT2D eigenvalue weighted by atomic mass is 35.5. The van der Waals surface area contributed by atoms with E-state index in [2.05, 4.69) is 4.98 Å². The molecule has 1 N–H and O–H groups in total. The Kier molecular flexibility index (Phi) is 3.22. The molecule has 2 rings (SSSR count). The van der Waals surface area contributed by atoms with Crippen molar-refractivity contribution in [2.75, 3.05) is 0 Å². The van der Waals surface area contributed by atoms with E-state index in [1.54, 1.807) is 6.07 Å². The zero-order valence-electron chi connectivity index (χ0n) is 8.18. The fourth-order valence-electron chi connectivity index (χ4n) is 1.31. The molecule has 0 radical (unpaired) electrons. The van der Waals surface area contributed by atoms with Crippen molar-refractivity contribution >= 4 is 28.9 Å². The highest BCUT2D eigenvalue weighted by Gasteiger charge is 2.08. The van der Waals surface area contributed by atoms with Crippen LogP contribution in [0.15, 0.2) is 30.5 Å². The van der Waals surface area contributed by atoms with Crippen molar-refractivity contribution in [3.8, 4) is 0 Å². The summed E-state index contributed by atoms with van der Waals surface area (Å²) in [5.41, 5.74) is 1.03. The Hall–Kier alpha value is -1.39. The van der Waals surface area contributed by atoms with Crippen LogP contribution < -0.4 is 0 Å². The molecule has 16 heavy (non-hydrogen) atoms. The minimum absolute atomic E-state index is 0.261. The van der Waals surface area contributed by atoms with Gasteiger partial charge in [0.25, 0.3) is 0 Å². The zero-order valence-corrected chi connectivity index (χ0v) is 9.76. The average molecular weight is 254 g/mol. The van der Waals surface area contributed by atoms with Gasteiger partial charge in [0.05, 0.1) is 11.2 Å². The summed E-state index contributed by atoms with van der Waals surface area (Å²) >= 11 is 7.04. The van der Waals surface area contributed by atoms with Crippen LogP contribution in [0.3, 0.4) is 0 Å². The Labute approximate surface area is 101 Å². The first-order valence-corrected chi connectivity index (χ1v) is 5.77. The summed E-state index contributed by atoms with van der Waals surface area (Å²) < 4.78 is 0. The van der Waals surface area contributed by atoms with Gasteiger partial charge in [-0.3, -0.25) is 0 Å². The van der Waals surface area contributed by atoms with Crippen molar-refractivity contribution in [2.45, 2.75) is 6.42 Å². The zero-order chi connectivity index (χ0) is 11.5. The van der Waals surface area contributed by atoms with Crippen LogP contribution in [0.1, 0.15) is 20.2 Å². The van der Waals surface area contributed by atoms with Crippen LogP contribution in [0.4, 0.5) is 0 Å². The molecular weight excluding hydrogens is 246 g/mol. The van der Waals surface area contributed by atoms with Crippen LogP contribution in [0.5, 0.6) is 0 Å². The molecule has 3 nitrogen and oxygen atoms in total. The van der Waals surface area contributed by atoms with Crippen LogP contribution >= 0.6 is 22.9 Å². The molecule has 82 valence electrons. The first-order valence-electron chi connectivity index (χ1n) is 4.57. The van der Waals surface area contributed by atoms with E-state index >= 15 is 0 Å². The first-order chi connectivity index (χ1) is 7.65. The van der Waals surface area contributed by atoms with Gasteiger partial charge in [-0.2, -0.15) is 0 Å². The van der Waals surface area contributed by atoms with Crippen molar-refractivity contribution in [2.24, 2.45) is 0 Å².